The first-order valence-corrected chi connectivity index (χ1v) is 5.91. The second-order valence-corrected chi connectivity index (χ2v) is 4.88. The van der Waals surface area contributed by atoms with Gasteiger partial charge in [0.15, 0.2) is 0 Å². The van der Waals surface area contributed by atoms with Gasteiger partial charge in [0.25, 0.3) is 0 Å². The molecule has 5 nitrogen and oxygen atoms in total. The van der Waals surface area contributed by atoms with Gasteiger partial charge >= 0.3 is 0 Å². The van der Waals surface area contributed by atoms with Crippen LogP contribution in [0.3, 0.4) is 0 Å². The molecule has 0 aliphatic carbocycles. The molecule has 0 saturated carbocycles. The zero-order valence-corrected chi connectivity index (χ0v) is 9.61. The van der Waals surface area contributed by atoms with Crippen molar-refractivity contribution in [2.75, 3.05) is 6.54 Å². The molecular formula is C11H19N3O2. The van der Waals surface area contributed by atoms with Crippen LogP contribution in [0.5, 0.6) is 0 Å². The highest BCUT2D eigenvalue weighted by atomic mass is 16.2. The molecule has 3 atom stereocenters. The number of nitrogens with one attached hydrogen (secondary N) is 1. The Morgan fingerprint density at radius 3 is 2.94 bits per heavy atom. The third-order valence-electron chi connectivity index (χ3n) is 3.36. The second-order valence-electron chi connectivity index (χ2n) is 4.88. The number of nitrogens with zero attached hydrogens (tertiary/aromatic N) is 1. The summed E-state index contributed by atoms with van der Waals surface area (Å²) in [5.41, 5.74) is 5.65. The number of rotatable bonds is 2. The van der Waals surface area contributed by atoms with Gasteiger partial charge in [-0.05, 0) is 19.8 Å². The van der Waals surface area contributed by atoms with E-state index in [4.69, 9.17) is 5.73 Å². The molecule has 0 aromatic rings. The van der Waals surface area contributed by atoms with E-state index in [1.54, 1.807) is 0 Å². The first-order valence-electron chi connectivity index (χ1n) is 5.91. The van der Waals surface area contributed by atoms with Gasteiger partial charge in [0.1, 0.15) is 0 Å². The topological polar surface area (TPSA) is 75.4 Å². The minimum atomic E-state index is -0.112. The molecule has 3 unspecified atom stereocenters. The third-order valence-corrected chi connectivity index (χ3v) is 3.36. The van der Waals surface area contributed by atoms with E-state index in [2.05, 4.69) is 5.32 Å². The van der Waals surface area contributed by atoms with Crippen LogP contribution in [0.2, 0.25) is 0 Å². The first kappa shape index (κ1) is 11.4. The Labute approximate surface area is 95.3 Å². The van der Waals surface area contributed by atoms with Crippen LogP contribution in [-0.2, 0) is 9.59 Å². The summed E-state index contributed by atoms with van der Waals surface area (Å²) in [5.74, 6) is 0.157. The van der Waals surface area contributed by atoms with Crippen LogP contribution in [0.4, 0.5) is 0 Å². The van der Waals surface area contributed by atoms with Gasteiger partial charge in [0.05, 0.1) is 0 Å². The predicted octanol–water partition coefficient (Wildman–Crippen LogP) is -0.397. The summed E-state index contributed by atoms with van der Waals surface area (Å²) in [5, 5.41) is 2.85. The van der Waals surface area contributed by atoms with Crippen molar-refractivity contribution in [3.63, 3.8) is 0 Å². The smallest absolute Gasteiger partial charge is 0.224 e. The van der Waals surface area contributed by atoms with Gasteiger partial charge in [-0.2, -0.15) is 0 Å². The maximum absolute atomic E-state index is 12.0. The zero-order chi connectivity index (χ0) is 11.7. The molecule has 16 heavy (non-hydrogen) atoms. The van der Waals surface area contributed by atoms with E-state index in [0.29, 0.717) is 19.4 Å². The van der Waals surface area contributed by atoms with E-state index < -0.39 is 0 Å². The Hall–Kier alpha value is -1.10. The van der Waals surface area contributed by atoms with Gasteiger partial charge in [0.2, 0.25) is 11.8 Å². The van der Waals surface area contributed by atoms with E-state index in [-0.39, 0.29) is 29.9 Å². The number of carbonyl (C=O) groups excluding carboxylic acids is 2. The number of fused-ring (bicyclic) bond motifs is 2. The molecule has 90 valence electrons. The van der Waals surface area contributed by atoms with E-state index in [9.17, 15) is 9.59 Å². The molecule has 3 N–H and O–H groups in total. The van der Waals surface area contributed by atoms with Crippen molar-refractivity contribution in [1.82, 2.24) is 10.2 Å². The van der Waals surface area contributed by atoms with E-state index in [0.717, 1.165) is 12.8 Å². The monoisotopic (exact) mass is 225 g/mol. The molecule has 2 aliphatic heterocycles. The minimum absolute atomic E-state index is 0.0609. The Morgan fingerprint density at radius 1 is 1.56 bits per heavy atom. The third kappa shape index (κ3) is 2.19. The van der Waals surface area contributed by atoms with Crippen molar-refractivity contribution in [2.45, 2.75) is 50.7 Å². The molecule has 2 aliphatic rings. The van der Waals surface area contributed by atoms with Gasteiger partial charge in [0, 0.05) is 37.5 Å². The van der Waals surface area contributed by atoms with Gasteiger partial charge in [-0.1, -0.05) is 0 Å². The lowest BCUT2D eigenvalue weighted by molar-refractivity contribution is -0.134. The lowest BCUT2D eigenvalue weighted by Gasteiger charge is -2.28. The summed E-state index contributed by atoms with van der Waals surface area (Å²) in [6.07, 6.45) is 2.76. The highest BCUT2D eigenvalue weighted by Crippen LogP contribution is 2.28. The summed E-state index contributed by atoms with van der Waals surface area (Å²) in [7, 11) is 0. The van der Waals surface area contributed by atoms with Crippen LogP contribution >= 0.6 is 0 Å². The SMILES string of the molecule is CC(N)CC(=O)N1C2CCC1CC(=O)NC2. The Morgan fingerprint density at radius 2 is 2.25 bits per heavy atom. The number of carbonyl (C=O) groups is 2. The molecule has 0 radical (unpaired) electrons. The Bertz CT molecular complexity index is 304. The zero-order valence-electron chi connectivity index (χ0n) is 9.61. The number of nitrogens with two attached hydrogens (primary N) is 1. The summed E-state index contributed by atoms with van der Waals surface area (Å²) in [4.78, 5) is 25.3. The van der Waals surface area contributed by atoms with E-state index in [1.807, 2.05) is 11.8 Å². The maximum Gasteiger partial charge on any atom is 0.224 e. The van der Waals surface area contributed by atoms with Crippen LogP contribution in [0.15, 0.2) is 0 Å². The molecule has 2 heterocycles. The van der Waals surface area contributed by atoms with Crippen molar-refractivity contribution >= 4 is 11.8 Å². The summed E-state index contributed by atoms with van der Waals surface area (Å²) < 4.78 is 0. The molecule has 0 aromatic heterocycles. The van der Waals surface area contributed by atoms with E-state index in [1.165, 1.54) is 0 Å². The molecule has 2 rings (SSSR count). The fraction of sp³-hybridized carbons (Fsp3) is 0.818. The number of hydrogen-bond acceptors (Lipinski definition) is 3. The lowest BCUT2D eigenvalue weighted by atomic mass is 10.1. The van der Waals surface area contributed by atoms with Gasteiger partial charge < -0.3 is 16.0 Å². The molecule has 0 aromatic carbocycles. The first-order chi connectivity index (χ1) is 7.58. The molecular weight excluding hydrogens is 206 g/mol. The Balaban J connectivity index is 2.08. The van der Waals surface area contributed by atoms with Crippen molar-refractivity contribution in [3.05, 3.63) is 0 Å². The fourth-order valence-corrected chi connectivity index (χ4v) is 2.67. The van der Waals surface area contributed by atoms with Gasteiger partial charge in [-0.25, -0.2) is 0 Å². The average Bonchev–Trinajstić information content (AvgIpc) is 2.47. The summed E-state index contributed by atoms with van der Waals surface area (Å²) >= 11 is 0. The quantitative estimate of drug-likeness (QED) is 0.671. The maximum atomic E-state index is 12.0. The van der Waals surface area contributed by atoms with Crippen LogP contribution in [0, 0.1) is 0 Å². The highest BCUT2D eigenvalue weighted by Gasteiger charge is 2.39. The van der Waals surface area contributed by atoms with Gasteiger partial charge in [-0.3, -0.25) is 9.59 Å². The van der Waals surface area contributed by atoms with Gasteiger partial charge in [-0.15, -0.1) is 0 Å². The number of hydrogen-bond donors (Lipinski definition) is 2. The molecule has 2 amide bonds. The molecule has 2 saturated heterocycles. The summed E-state index contributed by atoms with van der Waals surface area (Å²) in [6.45, 7) is 2.43. The fourth-order valence-electron chi connectivity index (χ4n) is 2.67. The van der Waals surface area contributed by atoms with Crippen molar-refractivity contribution in [3.8, 4) is 0 Å². The van der Waals surface area contributed by atoms with Crippen LogP contribution < -0.4 is 11.1 Å². The molecule has 5 heteroatoms. The highest BCUT2D eigenvalue weighted by molar-refractivity contribution is 5.82. The van der Waals surface area contributed by atoms with Crippen LogP contribution in [0.25, 0.3) is 0 Å². The minimum Gasteiger partial charge on any atom is -0.354 e. The van der Waals surface area contributed by atoms with Crippen molar-refractivity contribution in [1.29, 1.82) is 0 Å². The molecule has 0 spiro atoms. The van der Waals surface area contributed by atoms with Crippen molar-refractivity contribution < 1.29 is 9.59 Å². The van der Waals surface area contributed by atoms with Crippen molar-refractivity contribution in [2.24, 2.45) is 5.73 Å². The van der Waals surface area contributed by atoms with E-state index >= 15 is 0 Å². The van der Waals surface area contributed by atoms with Crippen LogP contribution in [-0.4, -0.2) is 41.4 Å². The summed E-state index contributed by atoms with van der Waals surface area (Å²) in [6, 6.07) is 0.167. The molecule has 2 fully saturated rings. The molecule has 2 bridgehead atoms. The largest absolute Gasteiger partial charge is 0.354 e. The lowest BCUT2D eigenvalue weighted by Crippen LogP contribution is -2.44. The average molecular weight is 225 g/mol. The second kappa shape index (κ2) is 4.41. The number of amides is 2. The normalized spacial score (nSPS) is 30.9. The van der Waals surface area contributed by atoms with Crippen LogP contribution in [0.1, 0.15) is 32.6 Å². The Kier molecular flexibility index (Phi) is 3.14. The standard InChI is InChI=1S/C11H19N3O2/c1-7(12)4-11(16)14-8-2-3-9(14)6-13-10(15)5-8/h7-9H,2-6,12H2,1H3,(H,13,15). The predicted molar refractivity (Wildman–Crippen MR) is 59.5 cm³/mol.